The average molecular weight is 288 g/mol. The second-order valence-electron chi connectivity index (χ2n) is 6.73. The van der Waals surface area contributed by atoms with Gasteiger partial charge in [0.2, 0.25) is 0 Å². The van der Waals surface area contributed by atoms with Crippen LogP contribution in [0.5, 0.6) is 0 Å². The Hall–Kier alpha value is -0.130. The van der Waals surface area contributed by atoms with Crippen molar-refractivity contribution < 1.29 is 8.42 Å². The summed E-state index contributed by atoms with van der Waals surface area (Å²) < 4.78 is 23.1. The molecule has 5 heteroatoms. The summed E-state index contributed by atoms with van der Waals surface area (Å²) in [7, 11) is -2.81. The summed E-state index contributed by atoms with van der Waals surface area (Å²) in [5.41, 5.74) is 0.148. The van der Waals surface area contributed by atoms with Crippen LogP contribution in [0.4, 0.5) is 0 Å². The summed E-state index contributed by atoms with van der Waals surface area (Å²) in [4.78, 5) is 2.53. The molecule has 0 bridgehead atoms. The second kappa shape index (κ2) is 5.70. The van der Waals surface area contributed by atoms with Gasteiger partial charge in [-0.1, -0.05) is 6.92 Å². The van der Waals surface area contributed by atoms with Gasteiger partial charge < -0.3 is 5.32 Å². The Morgan fingerprint density at radius 3 is 2.58 bits per heavy atom. The fourth-order valence-corrected chi connectivity index (χ4v) is 3.87. The first-order valence-corrected chi connectivity index (χ1v) is 9.34. The van der Waals surface area contributed by atoms with Gasteiger partial charge in [-0.05, 0) is 45.6 Å². The highest BCUT2D eigenvalue weighted by atomic mass is 32.2. The van der Waals surface area contributed by atoms with Crippen LogP contribution in [0.25, 0.3) is 0 Å². The predicted molar refractivity (Wildman–Crippen MR) is 79.1 cm³/mol. The molecule has 2 aliphatic rings. The Morgan fingerprint density at radius 1 is 1.32 bits per heavy atom. The van der Waals surface area contributed by atoms with E-state index < -0.39 is 9.84 Å². The predicted octanol–water partition coefficient (Wildman–Crippen LogP) is 1.27. The Balaban J connectivity index is 1.87. The minimum atomic E-state index is -2.81. The quantitative estimate of drug-likeness (QED) is 0.800. The van der Waals surface area contributed by atoms with E-state index in [4.69, 9.17) is 0 Å². The monoisotopic (exact) mass is 288 g/mol. The summed E-state index contributed by atoms with van der Waals surface area (Å²) in [6.07, 6.45) is 3.46. The molecule has 1 N–H and O–H groups in total. The third-order valence-corrected chi connectivity index (χ3v) is 6.15. The van der Waals surface area contributed by atoms with Crippen LogP contribution in [0.2, 0.25) is 0 Å². The summed E-state index contributed by atoms with van der Waals surface area (Å²) in [5, 5.41) is 3.62. The lowest BCUT2D eigenvalue weighted by molar-refractivity contribution is 0.0831. The van der Waals surface area contributed by atoms with Crippen molar-refractivity contribution in [3.8, 4) is 0 Å². The highest BCUT2D eigenvalue weighted by molar-refractivity contribution is 7.91. The van der Waals surface area contributed by atoms with Crippen LogP contribution < -0.4 is 5.32 Å². The molecule has 1 saturated heterocycles. The smallest absolute Gasteiger partial charge is 0.150 e. The molecule has 19 heavy (non-hydrogen) atoms. The third-order valence-electron chi connectivity index (χ3n) is 4.36. The molecule has 1 aliphatic carbocycles. The average Bonchev–Trinajstić information content (AvgIpc) is 3.12. The molecule has 2 fully saturated rings. The largest absolute Gasteiger partial charge is 0.309 e. The molecular weight excluding hydrogens is 260 g/mol. The van der Waals surface area contributed by atoms with Crippen LogP contribution in [0.3, 0.4) is 0 Å². The van der Waals surface area contributed by atoms with Crippen molar-refractivity contribution in [2.45, 2.75) is 51.6 Å². The molecule has 1 unspecified atom stereocenters. The molecule has 2 rings (SSSR count). The SMILES string of the molecule is CCS(=O)(=O)CCCN1CC(C)(C)NCC1C1CC1. The number of hydrogen-bond acceptors (Lipinski definition) is 4. The summed E-state index contributed by atoms with van der Waals surface area (Å²) in [5.74, 6) is 1.45. The minimum Gasteiger partial charge on any atom is -0.309 e. The van der Waals surface area contributed by atoms with Crippen LogP contribution in [-0.4, -0.2) is 56.0 Å². The van der Waals surface area contributed by atoms with Gasteiger partial charge in [-0.15, -0.1) is 0 Å². The molecule has 0 aromatic carbocycles. The van der Waals surface area contributed by atoms with Gasteiger partial charge in [0, 0.05) is 30.4 Å². The Bertz CT molecular complexity index is 402. The van der Waals surface area contributed by atoms with E-state index in [1.54, 1.807) is 6.92 Å². The number of nitrogens with one attached hydrogen (secondary N) is 1. The van der Waals surface area contributed by atoms with Gasteiger partial charge in [-0.3, -0.25) is 4.90 Å². The lowest BCUT2D eigenvalue weighted by Crippen LogP contribution is -2.62. The van der Waals surface area contributed by atoms with Crippen molar-refractivity contribution in [2.24, 2.45) is 5.92 Å². The zero-order chi connectivity index (χ0) is 14.1. The standard InChI is InChI=1S/C14H28N2O2S/c1-4-19(17,18)9-5-8-16-11-14(2,3)15-10-13(16)12-6-7-12/h12-13,15H,4-11H2,1-3H3. The van der Waals surface area contributed by atoms with E-state index in [-0.39, 0.29) is 11.3 Å². The molecule has 0 spiro atoms. The van der Waals surface area contributed by atoms with Crippen molar-refractivity contribution in [1.82, 2.24) is 10.2 Å². The van der Waals surface area contributed by atoms with Crippen molar-refractivity contribution in [3.05, 3.63) is 0 Å². The number of sulfone groups is 1. The normalized spacial score (nSPS) is 28.5. The van der Waals surface area contributed by atoms with Crippen molar-refractivity contribution in [1.29, 1.82) is 0 Å². The third kappa shape index (κ3) is 4.43. The van der Waals surface area contributed by atoms with E-state index in [9.17, 15) is 8.42 Å². The van der Waals surface area contributed by atoms with E-state index in [2.05, 4.69) is 24.1 Å². The van der Waals surface area contributed by atoms with Crippen molar-refractivity contribution >= 4 is 9.84 Å². The highest BCUT2D eigenvalue weighted by Gasteiger charge is 2.40. The van der Waals surface area contributed by atoms with E-state index in [0.29, 0.717) is 11.8 Å². The Morgan fingerprint density at radius 2 is 2.00 bits per heavy atom. The van der Waals surface area contributed by atoms with Gasteiger partial charge >= 0.3 is 0 Å². The van der Waals surface area contributed by atoms with Gasteiger partial charge in [-0.2, -0.15) is 0 Å². The first-order chi connectivity index (χ1) is 8.83. The van der Waals surface area contributed by atoms with Gasteiger partial charge in [0.05, 0.1) is 5.75 Å². The fourth-order valence-electron chi connectivity index (χ4n) is 3.01. The molecule has 0 radical (unpaired) electrons. The number of hydrogen-bond donors (Lipinski definition) is 1. The molecule has 4 nitrogen and oxygen atoms in total. The van der Waals surface area contributed by atoms with E-state index >= 15 is 0 Å². The lowest BCUT2D eigenvalue weighted by atomic mass is 9.96. The van der Waals surface area contributed by atoms with Crippen LogP contribution in [0, 0.1) is 5.92 Å². The topological polar surface area (TPSA) is 49.4 Å². The zero-order valence-electron chi connectivity index (χ0n) is 12.5. The van der Waals surface area contributed by atoms with Crippen LogP contribution in [0.1, 0.15) is 40.0 Å². The number of nitrogens with zero attached hydrogens (tertiary/aromatic N) is 1. The summed E-state index contributed by atoms with van der Waals surface area (Å²) in [6.45, 7) is 9.19. The van der Waals surface area contributed by atoms with E-state index in [1.807, 2.05) is 0 Å². The highest BCUT2D eigenvalue weighted by Crippen LogP contribution is 2.37. The molecule has 0 aromatic rings. The number of rotatable bonds is 6. The maximum atomic E-state index is 11.6. The first-order valence-electron chi connectivity index (χ1n) is 7.52. The summed E-state index contributed by atoms with van der Waals surface area (Å²) >= 11 is 0. The molecule has 1 heterocycles. The molecule has 1 aliphatic heterocycles. The Kier molecular flexibility index (Phi) is 4.58. The van der Waals surface area contributed by atoms with Crippen LogP contribution in [-0.2, 0) is 9.84 Å². The van der Waals surface area contributed by atoms with Gasteiger partial charge in [0.25, 0.3) is 0 Å². The van der Waals surface area contributed by atoms with Crippen molar-refractivity contribution in [3.63, 3.8) is 0 Å². The van der Waals surface area contributed by atoms with Crippen molar-refractivity contribution in [2.75, 3.05) is 31.1 Å². The first kappa shape index (κ1) is 15.3. The fraction of sp³-hybridized carbons (Fsp3) is 1.00. The summed E-state index contributed by atoms with van der Waals surface area (Å²) in [6, 6.07) is 0.623. The van der Waals surface area contributed by atoms with Gasteiger partial charge in [-0.25, -0.2) is 8.42 Å². The molecule has 112 valence electrons. The number of piperazine rings is 1. The Labute approximate surface area is 117 Å². The van der Waals surface area contributed by atoms with E-state index in [0.717, 1.165) is 32.0 Å². The second-order valence-corrected chi connectivity index (χ2v) is 9.20. The minimum absolute atomic E-state index is 0.148. The van der Waals surface area contributed by atoms with Gasteiger partial charge in [0.1, 0.15) is 9.84 Å². The molecule has 0 amide bonds. The molecule has 1 atom stereocenters. The van der Waals surface area contributed by atoms with Crippen LogP contribution in [0.15, 0.2) is 0 Å². The van der Waals surface area contributed by atoms with Crippen LogP contribution >= 0.6 is 0 Å². The zero-order valence-corrected chi connectivity index (χ0v) is 13.3. The molecule has 0 aromatic heterocycles. The van der Waals surface area contributed by atoms with E-state index in [1.165, 1.54) is 12.8 Å². The van der Waals surface area contributed by atoms with Gasteiger partial charge in [0.15, 0.2) is 0 Å². The lowest BCUT2D eigenvalue weighted by Gasteiger charge is -2.45. The maximum Gasteiger partial charge on any atom is 0.150 e. The maximum absolute atomic E-state index is 11.6. The molecular formula is C14H28N2O2S. The molecule has 1 saturated carbocycles.